The topological polar surface area (TPSA) is 97.0 Å². The second kappa shape index (κ2) is 9.07. The van der Waals surface area contributed by atoms with Crippen LogP contribution >= 0.6 is 11.3 Å². The Balaban J connectivity index is 1.51. The minimum Gasteiger partial charge on any atom is -0.451 e. The van der Waals surface area contributed by atoms with Crippen molar-refractivity contribution in [2.24, 2.45) is 0 Å². The normalized spacial score (nSPS) is 10.3. The number of anilines is 1. The minimum atomic E-state index is -0.667. The Kier molecular flexibility index (Phi) is 5.87. The van der Waals surface area contributed by atoms with Gasteiger partial charge in [0.1, 0.15) is 5.69 Å². The van der Waals surface area contributed by atoms with Gasteiger partial charge in [-0.1, -0.05) is 30.3 Å². The first-order valence-electron chi connectivity index (χ1n) is 9.30. The molecule has 0 atom stereocenters. The van der Waals surface area contributed by atoms with Crippen LogP contribution in [0.3, 0.4) is 0 Å². The van der Waals surface area contributed by atoms with Crippen molar-refractivity contribution in [3.05, 3.63) is 89.4 Å². The maximum absolute atomic E-state index is 12.8. The summed E-state index contributed by atoms with van der Waals surface area (Å²) in [6.07, 6.45) is 0. The third-order valence-corrected chi connectivity index (χ3v) is 5.20. The van der Waals surface area contributed by atoms with Crippen molar-refractivity contribution in [3.8, 4) is 22.3 Å². The lowest BCUT2D eigenvalue weighted by Gasteiger charge is -2.08. The molecule has 2 aromatic heterocycles. The van der Waals surface area contributed by atoms with Crippen molar-refractivity contribution in [2.75, 3.05) is 11.9 Å². The molecule has 31 heavy (non-hydrogen) atoms. The van der Waals surface area contributed by atoms with Crippen LogP contribution < -0.4 is 5.32 Å². The van der Waals surface area contributed by atoms with Crippen molar-refractivity contribution in [3.63, 3.8) is 0 Å². The molecular formula is C23H16N4O3S. The van der Waals surface area contributed by atoms with Crippen LogP contribution in [0.15, 0.2) is 78.2 Å². The fourth-order valence-electron chi connectivity index (χ4n) is 2.91. The van der Waals surface area contributed by atoms with Gasteiger partial charge in [-0.2, -0.15) is 10.4 Å². The molecule has 1 amide bonds. The summed E-state index contributed by atoms with van der Waals surface area (Å²) in [6.45, 7) is -0.468. The van der Waals surface area contributed by atoms with Crippen LogP contribution in [0.1, 0.15) is 16.1 Å². The first-order valence-corrected chi connectivity index (χ1v) is 10.2. The van der Waals surface area contributed by atoms with E-state index in [1.165, 1.54) is 22.1 Å². The number of carbonyl (C=O) groups excluding carboxylic acids is 2. The third kappa shape index (κ3) is 4.69. The Hall–Kier alpha value is -4.22. The zero-order valence-corrected chi connectivity index (χ0v) is 17.0. The molecule has 0 aliphatic rings. The molecule has 0 unspecified atom stereocenters. The predicted octanol–water partition coefficient (Wildman–Crippen LogP) is 4.27. The molecule has 0 aliphatic carbocycles. The molecule has 1 N–H and O–H groups in total. The third-order valence-electron chi connectivity index (χ3n) is 4.30. The van der Waals surface area contributed by atoms with Gasteiger partial charge in [0.05, 0.1) is 22.2 Å². The predicted molar refractivity (Wildman–Crippen MR) is 117 cm³/mol. The van der Waals surface area contributed by atoms with Gasteiger partial charge in [0.15, 0.2) is 12.3 Å². The lowest BCUT2D eigenvalue weighted by molar-refractivity contribution is -0.119. The lowest BCUT2D eigenvalue weighted by Crippen LogP contribution is -2.22. The Morgan fingerprint density at radius 1 is 1.06 bits per heavy atom. The van der Waals surface area contributed by atoms with Crippen molar-refractivity contribution >= 4 is 28.9 Å². The van der Waals surface area contributed by atoms with Gasteiger partial charge >= 0.3 is 5.97 Å². The van der Waals surface area contributed by atoms with Crippen LogP contribution in [0.2, 0.25) is 0 Å². The summed E-state index contributed by atoms with van der Waals surface area (Å²) in [4.78, 5) is 25.9. The second-order valence-electron chi connectivity index (χ2n) is 6.46. The highest BCUT2D eigenvalue weighted by molar-refractivity contribution is 7.13. The van der Waals surface area contributed by atoms with Crippen LogP contribution in [0, 0.1) is 11.3 Å². The van der Waals surface area contributed by atoms with Crippen LogP contribution in [0.4, 0.5) is 5.69 Å². The number of nitrogens with zero attached hydrogens (tertiary/aromatic N) is 3. The standard InChI is InChI=1S/C23H16N4O3S/c24-14-16-6-4-7-17(12-16)25-22(28)15-30-23(29)20-13-19(21-10-5-11-31-21)26-27(20)18-8-2-1-3-9-18/h1-13H,15H2,(H,25,28). The number of nitriles is 1. The van der Waals surface area contributed by atoms with Gasteiger partial charge in [-0.3, -0.25) is 4.79 Å². The molecule has 8 heteroatoms. The van der Waals surface area contributed by atoms with E-state index in [-0.39, 0.29) is 5.69 Å². The number of rotatable bonds is 6. The molecule has 0 saturated carbocycles. The average molecular weight is 428 g/mol. The monoisotopic (exact) mass is 428 g/mol. The van der Waals surface area contributed by atoms with Gasteiger partial charge in [0, 0.05) is 11.8 Å². The summed E-state index contributed by atoms with van der Waals surface area (Å²) < 4.78 is 6.74. The van der Waals surface area contributed by atoms with E-state index >= 15 is 0 Å². The van der Waals surface area contributed by atoms with Crippen molar-refractivity contribution < 1.29 is 14.3 Å². The number of amides is 1. The molecule has 2 heterocycles. The van der Waals surface area contributed by atoms with Gasteiger partial charge in [-0.25, -0.2) is 9.48 Å². The molecule has 0 radical (unpaired) electrons. The summed E-state index contributed by atoms with van der Waals surface area (Å²) in [6, 6.07) is 23.2. The van der Waals surface area contributed by atoms with E-state index in [0.717, 1.165) is 4.88 Å². The number of ether oxygens (including phenoxy) is 1. The fraction of sp³-hybridized carbons (Fsp3) is 0.0435. The molecular weight excluding hydrogens is 412 g/mol. The maximum atomic E-state index is 12.8. The molecule has 0 aliphatic heterocycles. The number of hydrogen-bond acceptors (Lipinski definition) is 6. The zero-order valence-electron chi connectivity index (χ0n) is 16.2. The number of hydrogen-bond donors (Lipinski definition) is 1. The Labute approximate surface area is 182 Å². The van der Waals surface area contributed by atoms with Gasteiger partial charge in [0.25, 0.3) is 5.91 Å². The zero-order chi connectivity index (χ0) is 21.6. The number of para-hydroxylation sites is 1. The number of benzene rings is 2. The van der Waals surface area contributed by atoms with E-state index in [4.69, 9.17) is 10.00 Å². The van der Waals surface area contributed by atoms with Crippen molar-refractivity contribution in [2.45, 2.75) is 0 Å². The van der Waals surface area contributed by atoms with E-state index in [1.807, 2.05) is 53.9 Å². The number of nitrogens with one attached hydrogen (secondary N) is 1. The van der Waals surface area contributed by atoms with Gasteiger partial charge < -0.3 is 10.1 Å². The summed E-state index contributed by atoms with van der Waals surface area (Å²) in [5.41, 5.74) is 2.43. The largest absolute Gasteiger partial charge is 0.451 e. The van der Waals surface area contributed by atoms with Crippen LogP contribution in [0.5, 0.6) is 0 Å². The van der Waals surface area contributed by atoms with E-state index in [9.17, 15) is 9.59 Å². The Bertz CT molecular complexity index is 1260. The molecule has 152 valence electrons. The summed E-state index contributed by atoms with van der Waals surface area (Å²) >= 11 is 1.51. The number of carbonyl (C=O) groups is 2. The van der Waals surface area contributed by atoms with E-state index in [1.54, 1.807) is 24.3 Å². The first kappa shape index (κ1) is 20.1. The van der Waals surface area contributed by atoms with Gasteiger partial charge in [0.2, 0.25) is 0 Å². The summed E-state index contributed by atoms with van der Waals surface area (Å²) in [5, 5.41) is 18.0. The molecule has 0 bridgehead atoms. The van der Waals surface area contributed by atoms with Gasteiger partial charge in [-0.05, 0) is 41.8 Å². The molecule has 4 aromatic rings. The van der Waals surface area contributed by atoms with E-state index < -0.39 is 18.5 Å². The molecule has 0 fully saturated rings. The average Bonchev–Trinajstić information content (AvgIpc) is 3.48. The van der Waals surface area contributed by atoms with Crippen LogP contribution in [-0.2, 0) is 9.53 Å². The van der Waals surface area contributed by atoms with E-state index in [2.05, 4.69) is 10.4 Å². The highest BCUT2D eigenvalue weighted by atomic mass is 32.1. The molecule has 2 aromatic carbocycles. The number of aromatic nitrogens is 2. The Morgan fingerprint density at radius 3 is 2.65 bits per heavy atom. The minimum absolute atomic E-state index is 0.217. The summed E-state index contributed by atoms with van der Waals surface area (Å²) in [5.74, 6) is -1.17. The summed E-state index contributed by atoms with van der Waals surface area (Å²) in [7, 11) is 0. The fourth-order valence-corrected chi connectivity index (χ4v) is 3.59. The maximum Gasteiger partial charge on any atom is 0.357 e. The van der Waals surface area contributed by atoms with Crippen LogP contribution in [0.25, 0.3) is 16.3 Å². The smallest absolute Gasteiger partial charge is 0.357 e. The molecule has 7 nitrogen and oxygen atoms in total. The highest BCUT2D eigenvalue weighted by Crippen LogP contribution is 2.26. The van der Waals surface area contributed by atoms with Gasteiger partial charge in [-0.15, -0.1) is 11.3 Å². The highest BCUT2D eigenvalue weighted by Gasteiger charge is 2.20. The Morgan fingerprint density at radius 2 is 1.90 bits per heavy atom. The molecule has 0 saturated heterocycles. The molecule has 0 spiro atoms. The number of thiophene rings is 1. The first-order chi connectivity index (χ1) is 15.1. The van der Waals surface area contributed by atoms with Crippen LogP contribution in [-0.4, -0.2) is 28.3 Å². The van der Waals surface area contributed by atoms with E-state index in [0.29, 0.717) is 22.6 Å². The molecule has 4 rings (SSSR count). The quantitative estimate of drug-likeness (QED) is 0.463. The SMILES string of the molecule is N#Cc1cccc(NC(=O)COC(=O)c2cc(-c3cccs3)nn2-c2ccccc2)c1. The second-order valence-corrected chi connectivity index (χ2v) is 7.40. The number of esters is 1. The van der Waals surface area contributed by atoms with Crippen molar-refractivity contribution in [1.82, 2.24) is 9.78 Å². The lowest BCUT2D eigenvalue weighted by atomic mass is 10.2. The van der Waals surface area contributed by atoms with Crippen molar-refractivity contribution in [1.29, 1.82) is 5.26 Å².